The first-order valence-corrected chi connectivity index (χ1v) is 20.7. The van der Waals surface area contributed by atoms with Gasteiger partial charge in [0.25, 0.3) is 0 Å². The molecule has 0 N–H and O–H groups in total. The zero-order valence-corrected chi connectivity index (χ0v) is 33.1. The highest BCUT2D eigenvalue weighted by Gasteiger charge is 2.20. The van der Waals surface area contributed by atoms with Gasteiger partial charge in [-0.1, -0.05) is 182 Å². The number of benzene rings is 10. The molecule has 0 unspecified atom stereocenters. The smallest absolute Gasteiger partial charge is 0.164 e. The molecule has 12 aromatic rings. The van der Waals surface area contributed by atoms with Gasteiger partial charge in [-0.05, 0) is 85.6 Å². The summed E-state index contributed by atoms with van der Waals surface area (Å²) in [6.45, 7) is 0. The minimum atomic E-state index is 0.630. The number of aromatic nitrogens is 4. The summed E-state index contributed by atoms with van der Waals surface area (Å²) in [5, 5.41) is 9.58. The Morgan fingerprint density at radius 2 is 0.787 bits per heavy atom. The summed E-state index contributed by atoms with van der Waals surface area (Å²) in [4.78, 5) is 15.5. The highest BCUT2D eigenvalue weighted by Crippen LogP contribution is 2.42. The lowest BCUT2D eigenvalue weighted by atomic mass is 10.00. The molecule has 0 bridgehead atoms. The average molecular weight is 777 g/mol. The molecule has 0 aliphatic carbocycles. The molecule has 0 atom stereocenters. The maximum absolute atomic E-state index is 5.23. The molecule has 0 amide bonds. The first-order valence-electron chi connectivity index (χ1n) is 20.7. The van der Waals surface area contributed by atoms with Crippen molar-refractivity contribution in [1.82, 2.24) is 19.5 Å². The monoisotopic (exact) mass is 776 g/mol. The molecule has 10 aromatic carbocycles. The van der Waals surface area contributed by atoms with E-state index in [2.05, 4.69) is 205 Å². The van der Waals surface area contributed by atoms with Crippen molar-refractivity contribution in [3.05, 3.63) is 218 Å². The first kappa shape index (κ1) is 34.8. The summed E-state index contributed by atoms with van der Waals surface area (Å²) in [6.07, 6.45) is 0. The van der Waals surface area contributed by atoms with Crippen molar-refractivity contribution in [2.75, 3.05) is 0 Å². The van der Waals surface area contributed by atoms with Gasteiger partial charge >= 0.3 is 0 Å². The van der Waals surface area contributed by atoms with Crippen molar-refractivity contribution in [2.24, 2.45) is 0 Å². The van der Waals surface area contributed by atoms with Crippen molar-refractivity contribution in [2.45, 2.75) is 0 Å². The molecular formula is C57H36N4. The Hall–Kier alpha value is -8.21. The Morgan fingerprint density at radius 1 is 0.279 bits per heavy atom. The molecule has 0 radical (unpaired) electrons. The lowest BCUT2D eigenvalue weighted by Gasteiger charge is -2.15. The summed E-state index contributed by atoms with van der Waals surface area (Å²) >= 11 is 0. The maximum atomic E-state index is 5.23. The van der Waals surface area contributed by atoms with Crippen LogP contribution in [0.25, 0.3) is 116 Å². The van der Waals surface area contributed by atoms with Gasteiger partial charge in [0.15, 0.2) is 17.5 Å². The fourth-order valence-corrected chi connectivity index (χ4v) is 9.06. The summed E-state index contributed by atoms with van der Waals surface area (Å²) in [5.74, 6) is 1.90. The van der Waals surface area contributed by atoms with Gasteiger partial charge in [0, 0.05) is 32.8 Å². The van der Waals surface area contributed by atoms with E-state index in [0.717, 1.165) is 49.7 Å². The fourth-order valence-electron chi connectivity index (χ4n) is 9.06. The van der Waals surface area contributed by atoms with Crippen LogP contribution in [0.3, 0.4) is 0 Å². The number of hydrogen-bond acceptors (Lipinski definition) is 3. The quantitative estimate of drug-likeness (QED) is 0.169. The van der Waals surface area contributed by atoms with Crippen molar-refractivity contribution in [3.8, 4) is 62.1 Å². The van der Waals surface area contributed by atoms with Crippen LogP contribution in [0.4, 0.5) is 0 Å². The van der Waals surface area contributed by atoms with E-state index >= 15 is 0 Å². The van der Waals surface area contributed by atoms with Crippen LogP contribution in [0, 0.1) is 0 Å². The molecule has 0 aliphatic rings. The van der Waals surface area contributed by atoms with E-state index in [0.29, 0.717) is 17.5 Å². The van der Waals surface area contributed by atoms with Crippen LogP contribution in [0.2, 0.25) is 0 Å². The SMILES string of the molecule is c1ccc(-c2ccc3c(c2)c2c4ccccc4ccc2n3-c2ccc(-c3nc(-c4ccccc4)nc(-c4ccc(-c5ccc6ccccc6c5)cc4)n3)c3ccccc23)cc1. The first-order chi connectivity index (χ1) is 30.2. The minimum absolute atomic E-state index is 0.630. The molecular weight excluding hydrogens is 741 g/mol. The molecule has 61 heavy (non-hydrogen) atoms. The van der Waals surface area contributed by atoms with Gasteiger partial charge in [-0.15, -0.1) is 0 Å². The van der Waals surface area contributed by atoms with Crippen LogP contribution in [-0.2, 0) is 0 Å². The van der Waals surface area contributed by atoms with Crippen LogP contribution < -0.4 is 0 Å². The zero-order valence-electron chi connectivity index (χ0n) is 33.1. The van der Waals surface area contributed by atoms with E-state index < -0.39 is 0 Å². The summed E-state index contributed by atoms with van der Waals surface area (Å²) in [7, 11) is 0. The molecule has 0 spiro atoms. The largest absolute Gasteiger partial charge is 0.309 e. The minimum Gasteiger partial charge on any atom is -0.309 e. The molecule has 12 rings (SSSR count). The van der Waals surface area contributed by atoms with Gasteiger partial charge in [-0.25, -0.2) is 15.0 Å². The Kier molecular flexibility index (Phi) is 8.13. The normalized spacial score (nSPS) is 11.6. The van der Waals surface area contributed by atoms with Crippen molar-refractivity contribution < 1.29 is 0 Å². The summed E-state index contributed by atoms with van der Waals surface area (Å²) < 4.78 is 2.43. The van der Waals surface area contributed by atoms with E-state index in [4.69, 9.17) is 15.0 Å². The van der Waals surface area contributed by atoms with Crippen LogP contribution >= 0.6 is 0 Å². The van der Waals surface area contributed by atoms with E-state index in [1.54, 1.807) is 0 Å². The fraction of sp³-hybridized carbons (Fsp3) is 0. The lowest BCUT2D eigenvalue weighted by molar-refractivity contribution is 1.08. The van der Waals surface area contributed by atoms with E-state index in [1.807, 2.05) is 18.2 Å². The van der Waals surface area contributed by atoms with Crippen LogP contribution in [0.5, 0.6) is 0 Å². The second kappa shape index (κ2) is 14.3. The average Bonchev–Trinajstić information content (AvgIpc) is 3.68. The van der Waals surface area contributed by atoms with Crippen LogP contribution in [0.1, 0.15) is 0 Å². The highest BCUT2D eigenvalue weighted by atomic mass is 15.0. The molecule has 2 heterocycles. The van der Waals surface area contributed by atoms with Crippen molar-refractivity contribution >= 4 is 54.1 Å². The van der Waals surface area contributed by atoms with Crippen molar-refractivity contribution in [3.63, 3.8) is 0 Å². The van der Waals surface area contributed by atoms with E-state index in [1.165, 1.54) is 49.0 Å². The van der Waals surface area contributed by atoms with Gasteiger partial charge in [-0.3, -0.25) is 0 Å². The standard InChI is InChI=1S/C57H36N4/c1-3-13-37(14-4-1)45-30-32-52-50(36-45)54-46-20-10-9-16-40(46)29-33-53(54)61(52)51-34-31-49(47-21-11-12-22-48(47)51)57-59-55(41-17-5-2-6-18-41)58-56(60-57)42-26-23-39(24-27-42)44-28-25-38-15-7-8-19-43(38)35-44/h1-36H. The van der Waals surface area contributed by atoms with Gasteiger partial charge in [0.1, 0.15) is 0 Å². The number of fused-ring (bicyclic) bond motifs is 7. The number of nitrogens with zero attached hydrogens (tertiary/aromatic N) is 4. The van der Waals surface area contributed by atoms with E-state index in [-0.39, 0.29) is 0 Å². The second-order valence-electron chi connectivity index (χ2n) is 15.6. The Morgan fingerprint density at radius 3 is 1.56 bits per heavy atom. The molecule has 0 aliphatic heterocycles. The predicted molar refractivity (Wildman–Crippen MR) is 254 cm³/mol. The third-order valence-corrected chi connectivity index (χ3v) is 12.0. The Bertz CT molecular complexity index is 3630. The highest BCUT2D eigenvalue weighted by molar-refractivity contribution is 6.22. The summed E-state index contributed by atoms with van der Waals surface area (Å²) in [5.41, 5.74) is 11.0. The van der Waals surface area contributed by atoms with E-state index in [9.17, 15) is 0 Å². The maximum Gasteiger partial charge on any atom is 0.164 e. The van der Waals surface area contributed by atoms with Crippen molar-refractivity contribution in [1.29, 1.82) is 0 Å². The zero-order chi connectivity index (χ0) is 40.3. The molecule has 284 valence electrons. The second-order valence-corrected chi connectivity index (χ2v) is 15.6. The number of rotatable bonds is 6. The van der Waals surface area contributed by atoms with Crippen LogP contribution in [-0.4, -0.2) is 19.5 Å². The Labute approximate surface area is 352 Å². The van der Waals surface area contributed by atoms with Gasteiger partial charge in [-0.2, -0.15) is 0 Å². The third-order valence-electron chi connectivity index (χ3n) is 12.0. The molecule has 2 aromatic heterocycles. The molecule has 0 saturated carbocycles. The molecule has 0 saturated heterocycles. The van der Waals surface area contributed by atoms with Gasteiger partial charge < -0.3 is 4.57 Å². The topological polar surface area (TPSA) is 43.6 Å². The Balaban J connectivity index is 1.03. The van der Waals surface area contributed by atoms with Gasteiger partial charge in [0.2, 0.25) is 0 Å². The predicted octanol–water partition coefficient (Wildman–Crippen LogP) is 14.8. The van der Waals surface area contributed by atoms with Gasteiger partial charge in [0.05, 0.1) is 16.7 Å². The van der Waals surface area contributed by atoms with Crippen LogP contribution in [0.15, 0.2) is 218 Å². The molecule has 4 heteroatoms. The number of hydrogen-bond donors (Lipinski definition) is 0. The third kappa shape index (κ3) is 5.96. The summed E-state index contributed by atoms with van der Waals surface area (Å²) in [6, 6.07) is 77.7. The molecule has 0 fully saturated rings. The lowest BCUT2D eigenvalue weighted by Crippen LogP contribution is -2.02. The molecule has 4 nitrogen and oxygen atoms in total.